The zero-order valence-corrected chi connectivity index (χ0v) is 14.3. The molecule has 4 nitrogen and oxygen atoms in total. The molecule has 1 N–H and O–H groups in total. The second-order valence-electron chi connectivity index (χ2n) is 4.69. The molecule has 0 spiro atoms. The molecule has 0 bridgehead atoms. The number of nitrogens with one attached hydrogen (secondary N) is 1. The largest absolute Gasteiger partial charge is 0.596 e. The van der Waals surface area contributed by atoms with Crippen LogP contribution in [-0.4, -0.2) is 35.3 Å². The van der Waals surface area contributed by atoms with Crippen LogP contribution in [0, 0.1) is 0 Å². The Kier molecular flexibility index (Phi) is 13.1. The molecule has 116 valence electrons. The number of hydrogen-bond donors (Lipinski definition) is 1. The second kappa shape index (κ2) is 13.1. The summed E-state index contributed by atoms with van der Waals surface area (Å²) in [4.78, 5) is 3.35. The number of hydrogen-bond acceptors (Lipinski definition) is 4. The van der Waals surface area contributed by atoms with Crippen molar-refractivity contribution in [2.45, 2.75) is 66.2 Å². The molecule has 0 rings (SSSR count). The van der Waals surface area contributed by atoms with Crippen molar-refractivity contribution in [1.82, 2.24) is 4.98 Å². The Morgan fingerprint density at radius 2 is 1.05 bits per heavy atom. The first kappa shape index (κ1) is 19.1. The van der Waals surface area contributed by atoms with Crippen molar-refractivity contribution in [2.75, 3.05) is 26.4 Å². The zero-order valence-electron chi connectivity index (χ0n) is 13.3. The van der Waals surface area contributed by atoms with E-state index in [0.717, 1.165) is 45.1 Å². The maximum absolute atomic E-state index is 5.99. The van der Waals surface area contributed by atoms with Crippen LogP contribution in [0.25, 0.3) is 0 Å². The molecule has 0 aliphatic rings. The first-order valence-corrected chi connectivity index (χ1v) is 9.64. The summed E-state index contributed by atoms with van der Waals surface area (Å²) in [6.45, 7) is 11.5. The summed E-state index contributed by atoms with van der Waals surface area (Å²) in [6.07, 6.45) is 6.53. The van der Waals surface area contributed by atoms with E-state index in [1.165, 1.54) is 0 Å². The quantitative estimate of drug-likeness (QED) is 0.393. The summed E-state index contributed by atoms with van der Waals surface area (Å²) >= 11 is 0. The van der Waals surface area contributed by atoms with Gasteiger partial charge in [-0.25, -0.2) is 0 Å². The molecule has 0 heterocycles. The van der Waals surface area contributed by atoms with Crippen molar-refractivity contribution < 1.29 is 13.3 Å². The first-order chi connectivity index (χ1) is 9.24. The molecule has 0 aromatic heterocycles. The van der Waals surface area contributed by atoms with Crippen molar-refractivity contribution in [3.8, 4) is 0 Å². The van der Waals surface area contributed by atoms with Crippen LogP contribution in [0.1, 0.15) is 66.2 Å². The minimum atomic E-state index is -2.66. The molecule has 0 radical (unpaired) electrons. The Labute approximate surface area is 120 Å². The SMILES string of the molecule is CCCCO[Si](NCC)(OCCCC)OCCCC. The topological polar surface area (TPSA) is 39.7 Å². The highest BCUT2D eigenvalue weighted by atomic mass is 28.4. The molecule has 0 aliphatic heterocycles. The van der Waals surface area contributed by atoms with E-state index in [4.69, 9.17) is 13.3 Å². The summed E-state index contributed by atoms with van der Waals surface area (Å²) in [5, 5.41) is 0. The molecule has 0 aliphatic carbocycles. The minimum Gasteiger partial charge on any atom is -0.361 e. The molecule has 0 saturated heterocycles. The molecule has 0 aromatic rings. The van der Waals surface area contributed by atoms with Gasteiger partial charge in [-0.2, -0.15) is 0 Å². The molecule has 0 aromatic carbocycles. The van der Waals surface area contributed by atoms with E-state index in [9.17, 15) is 0 Å². The van der Waals surface area contributed by atoms with Gasteiger partial charge in [-0.1, -0.05) is 47.0 Å². The zero-order chi connectivity index (χ0) is 14.4. The lowest BCUT2D eigenvalue weighted by Gasteiger charge is -2.29. The lowest BCUT2D eigenvalue weighted by Crippen LogP contribution is -2.59. The predicted octanol–water partition coefficient (Wildman–Crippen LogP) is 3.48. The maximum atomic E-state index is 5.99. The van der Waals surface area contributed by atoms with Gasteiger partial charge in [0, 0.05) is 19.8 Å². The third-order valence-corrected chi connectivity index (χ3v) is 5.30. The van der Waals surface area contributed by atoms with E-state index in [0.29, 0.717) is 19.8 Å². The van der Waals surface area contributed by atoms with Crippen LogP contribution in [0.2, 0.25) is 0 Å². The molecule has 0 amide bonds. The smallest absolute Gasteiger partial charge is 0.361 e. The molecular weight excluding hydrogens is 258 g/mol. The van der Waals surface area contributed by atoms with Gasteiger partial charge in [0.25, 0.3) is 0 Å². The van der Waals surface area contributed by atoms with Gasteiger partial charge >= 0.3 is 8.97 Å². The maximum Gasteiger partial charge on any atom is 0.596 e. The average Bonchev–Trinajstić information content (AvgIpc) is 2.40. The molecule has 0 fully saturated rings. The van der Waals surface area contributed by atoms with Gasteiger partial charge < -0.3 is 13.3 Å². The fraction of sp³-hybridized carbons (Fsp3) is 1.00. The van der Waals surface area contributed by atoms with Crippen molar-refractivity contribution in [1.29, 1.82) is 0 Å². The molecule has 0 atom stereocenters. The number of rotatable bonds is 14. The van der Waals surface area contributed by atoms with E-state index < -0.39 is 8.97 Å². The van der Waals surface area contributed by atoms with Crippen molar-refractivity contribution in [3.05, 3.63) is 0 Å². The summed E-state index contributed by atoms with van der Waals surface area (Å²) in [5.74, 6) is 0. The van der Waals surface area contributed by atoms with E-state index >= 15 is 0 Å². The molecule has 0 saturated carbocycles. The van der Waals surface area contributed by atoms with E-state index in [1.54, 1.807) is 0 Å². The third-order valence-electron chi connectivity index (χ3n) is 2.76. The Hall–Kier alpha value is 0.0569. The fourth-order valence-electron chi connectivity index (χ4n) is 1.55. The average molecular weight is 292 g/mol. The van der Waals surface area contributed by atoms with Gasteiger partial charge in [-0.3, -0.25) is 4.98 Å². The molecule has 19 heavy (non-hydrogen) atoms. The van der Waals surface area contributed by atoms with Gasteiger partial charge in [0.15, 0.2) is 0 Å². The van der Waals surface area contributed by atoms with E-state index in [2.05, 4.69) is 32.7 Å². The van der Waals surface area contributed by atoms with Crippen LogP contribution in [0.4, 0.5) is 0 Å². The van der Waals surface area contributed by atoms with Crippen LogP contribution in [0.15, 0.2) is 0 Å². The van der Waals surface area contributed by atoms with Gasteiger partial charge in [-0.05, 0) is 25.8 Å². The fourth-order valence-corrected chi connectivity index (χ4v) is 3.78. The van der Waals surface area contributed by atoms with Crippen LogP contribution in [0.5, 0.6) is 0 Å². The minimum absolute atomic E-state index is 0.716. The molecule has 5 heteroatoms. The van der Waals surface area contributed by atoms with Crippen molar-refractivity contribution >= 4 is 8.97 Å². The van der Waals surface area contributed by atoms with Gasteiger partial charge in [0.05, 0.1) is 0 Å². The van der Waals surface area contributed by atoms with Gasteiger partial charge in [-0.15, -0.1) is 0 Å². The van der Waals surface area contributed by atoms with E-state index in [-0.39, 0.29) is 0 Å². The summed E-state index contributed by atoms with van der Waals surface area (Å²) < 4.78 is 18.0. The first-order valence-electron chi connectivity index (χ1n) is 7.91. The predicted molar refractivity (Wildman–Crippen MR) is 82.0 cm³/mol. The van der Waals surface area contributed by atoms with Gasteiger partial charge in [0.2, 0.25) is 0 Å². The number of unbranched alkanes of at least 4 members (excludes halogenated alkanes) is 3. The summed E-state index contributed by atoms with van der Waals surface area (Å²) in [5.41, 5.74) is 0. The lowest BCUT2D eigenvalue weighted by molar-refractivity contribution is 0.0461. The van der Waals surface area contributed by atoms with E-state index in [1.807, 2.05) is 0 Å². The standard InChI is InChI=1S/C14H33NO3Si/c1-5-9-12-16-19(15-8-4,17-13-10-6-2)18-14-11-7-3/h15H,5-14H2,1-4H3. The van der Waals surface area contributed by atoms with Crippen molar-refractivity contribution in [3.63, 3.8) is 0 Å². The Bertz CT molecular complexity index is 167. The molecular formula is C14H33NO3Si. The van der Waals surface area contributed by atoms with Gasteiger partial charge in [0.1, 0.15) is 0 Å². The third kappa shape index (κ3) is 9.57. The Morgan fingerprint density at radius 3 is 1.32 bits per heavy atom. The highest BCUT2D eigenvalue weighted by molar-refractivity contribution is 6.57. The second-order valence-corrected chi connectivity index (χ2v) is 7.02. The van der Waals surface area contributed by atoms with Crippen molar-refractivity contribution in [2.24, 2.45) is 0 Å². The monoisotopic (exact) mass is 291 g/mol. The lowest BCUT2D eigenvalue weighted by atomic mass is 10.4. The molecule has 0 unspecified atom stereocenters. The summed E-state index contributed by atoms with van der Waals surface area (Å²) in [6, 6.07) is 0. The highest BCUT2D eigenvalue weighted by Crippen LogP contribution is 2.10. The van der Waals surface area contributed by atoms with Crippen LogP contribution in [0.3, 0.4) is 0 Å². The van der Waals surface area contributed by atoms with Crippen LogP contribution < -0.4 is 4.98 Å². The summed E-state index contributed by atoms with van der Waals surface area (Å²) in [7, 11) is -2.66. The van der Waals surface area contributed by atoms with Crippen LogP contribution >= 0.6 is 0 Å². The Balaban J connectivity index is 4.37. The van der Waals surface area contributed by atoms with Crippen LogP contribution in [-0.2, 0) is 13.3 Å². The normalized spacial score (nSPS) is 12.0. The highest BCUT2D eigenvalue weighted by Gasteiger charge is 2.41. The Morgan fingerprint density at radius 1 is 0.684 bits per heavy atom.